The van der Waals surface area contributed by atoms with E-state index in [0.29, 0.717) is 41.7 Å². The molecule has 0 spiro atoms. The third kappa shape index (κ3) is 4.13. The zero-order valence-electron chi connectivity index (χ0n) is 19.2. The summed E-state index contributed by atoms with van der Waals surface area (Å²) in [7, 11) is 0. The fourth-order valence-corrected chi connectivity index (χ4v) is 4.76. The smallest absolute Gasteiger partial charge is 0.253 e. The van der Waals surface area contributed by atoms with E-state index in [4.69, 9.17) is 20.4 Å². The standard InChI is InChI=1S/C27H27N5O2/c1-17-2-5-21(27(33)32-15-22(16-32)19-6-3-18(13-28)4-7-19)12-23(17)25-24(14-29)30-26(31-25)20-8-10-34-11-9-20/h2-7,12,14,20,22,29H,8-11,15-16H2,1H3,(H,30,31). The van der Waals surface area contributed by atoms with Crippen LogP contribution < -0.4 is 0 Å². The van der Waals surface area contributed by atoms with Gasteiger partial charge >= 0.3 is 0 Å². The van der Waals surface area contributed by atoms with Crippen molar-refractivity contribution in [1.82, 2.24) is 14.9 Å². The first-order valence-electron chi connectivity index (χ1n) is 11.7. The van der Waals surface area contributed by atoms with Gasteiger partial charge in [-0.1, -0.05) is 18.2 Å². The first kappa shape index (κ1) is 22.1. The summed E-state index contributed by atoms with van der Waals surface area (Å²) < 4.78 is 5.47. The van der Waals surface area contributed by atoms with Crippen molar-refractivity contribution >= 4 is 12.1 Å². The van der Waals surface area contributed by atoms with Crippen LogP contribution in [-0.2, 0) is 4.74 Å². The van der Waals surface area contributed by atoms with Crippen molar-refractivity contribution in [3.63, 3.8) is 0 Å². The van der Waals surface area contributed by atoms with E-state index < -0.39 is 0 Å². The second kappa shape index (κ2) is 9.24. The van der Waals surface area contributed by atoms with Crippen molar-refractivity contribution in [1.29, 1.82) is 10.7 Å². The summed E-state index contributed by atoms with van der Waals surface area (Å²) in [6.07, 6.45) is 3.13. The summed E-state index contributed by atoms with van der Waals surface area (Å²) in [6.45, 7) is 4.78. The molecule has 5 rings (SSSR count). The molecule has 2 aliphatic heterocycles. The van der Waals surface area contributed by atoms with Crippen LogP contribution in [0.5, 0.6) is 0 Å². The zero-order valence-corrected chi connectivity index (χ0v) is 19.2. The predicted molar refractivity (Wildman–Crippen MR) is 129 cm³/mol. The van der Waals surface area contributed by atoms with E-state index in [-0.39, 0.29) is 5.91 Å². The number of benzene rings is 2. The number of amides is 1. The number of nitriles is 1. The number of imidazole rings is 1. The van der Waals surface area contributed by atoms with E-state index in [1.54, 1.807) is 0 Å². The molecule has 3 heterocycles. The Morgan fingerprint density at radius 2 is 1.91 bits per heavy atom. The highest BCUT2D eigenvalue weighted by atomic mass is 16.5. The van der Waals surface area contributed by atoms with E-state index in [0.717, 1.165) is 54.3 Å². The Balaban J connectivity index is 1.35. The van der Waals surface area contributed by atoms with Gasteiger partial charge in [0.1, 0.15) is 5.82 Å². The number of carbonyl (C=O) groups is 1. The van der Waals surface area contributed by atoms with Crippen LogP contribution in [0.15, 0.2) is 42.5 Å². The maximum Gasteiger partial charge on any atom is 0.253 e. The van der Waals surface area contributed by atoms with Gasteiger partial charge in [-0.25, -0.2) is 4.98 Å². The number of H-pyrrole nitrogens is 1. The fourth-order valence-electron chi connectivity index (χ4n) is 4.76. The zero-order chi connectivity index (χ0) is 23.7. The van der Waals surface area contributed by atoms with Gasteiger partial charge in [-0.15, -0.1) is 0 Å². The normalized spacial score (nSPS) is 16.6. The van der Waals surface area contributed by atoms with Crippen molar-refractivity contribution in [3.05, 3.63) is 76.2 Å². The van der Waals surface area contributed by atoms with Gasteiger partial charge in [-0.05, 0) is 55.2 Å². The van der Waals surface area contributed by atoms with Crippen molar-refractivity contribution in [2.24, 2.45) is 0 Å². The molecule has 0 radical (unpaired) electrons. The number of ether oxygens (including phenoxy) is 1. The quantitative estimate of drug-likeness (QED) is 0.559. The van der Waals surface area contributed by atoms with Crippen LogP contribution in [0.4, 0.5) is 0 Å². The fraction of sp³-hybridized carbons (Fsp3) is 0.333. The number of hydrogen-bond donors (Lipinski definition) is 2. The Morgan fingerprint density at radius 1 is 1.18 bits per heavy atom. The maximum absolute atomic E-state index is 13.2. The average Bonchev–Trinajstić information content (AvgIpc) is 3.28. The summed E-state index contributed by atoms with van der Waals surface area (Å²) >= 11 is 0. The number of hydrogen-bond acceptors (Lipinski definition) is 5. The molecule has 1 amide bonds. The van der Waals surface area contributed by atoms with E-state index in [2.05, 4.69) is 11.1 Å². The number of nitrogens with zero attached hydrogens (tertiary/aromatic N) is 3. The summed E-state index contributed by atoms with van der Waals surface area (Å²) in [4.78, 5) is 23.3. The van der Waals surface area contributed by atoms with E-state index >= 15 is 0 Å². The van der Waals surface area contributed by atoms with Gasteiger partial charge in [-0.3, -0.25) is 4.79 Å². The minimum Gasteiger partial charge on any atom is -0.381 e. The number of nitrogens with one attached hydrogen (secondary N) is 2. The Hall–Kier alpha value is -3.76. The Labute approximate surface area is 198 Å². The lowest BCUT2D eigenvalue weighted by Crippen LogP contribution is -2.48. The summed E-state index contributed by atoms with van der Waals surface area (Å²) in [5, 5.41) is 16.9. The minimum absolute atomic E-state index is 0.00253. The lowest BCUT2D eigenvalue weighted by Gasteiger charge is -2.39. The number of carbonyl (C=O) groups excluding carboxylic acids is 1. The number of rotatable bonds is 5. The first-order valence-corrected chi connectivity index (χ1v) is 11.7. The Kier molecular flexibility index (Phi) is 5.99. The van der Waals surface area contributed by atoms with Crippen molar-refractivity contribution in [3.8, 4) is 17.3 Å². The lowest BCUT2D eigenvalue weighted by molar-refractivity contribution is 0.0602. The van der Waals surface area contributed by atoms with Crippen LogP contribution in [0, 0.1) is 23.7 Å². The molecule has 0 unspecified atom stereocenters. The largest absolute Gasteiger partial charge is 0.381 e. The number of aromatic nitrogens is 2. The lowest BCUT2D eigenvalue weighted by atomic mass is 9.90. The Morgan fingerprint density at radius 3 is 2.59 bits per heavy atom. The molecule has 0 bridgehead atoms. The van der Waals surface area contributed by atoms with Crippen LogP contribution in [0.3, 0.4) is 0 Å². The molecule has 3 aromatic rings. The van der Waals surface area contributed by atoms with Gasteiger partial charge < -0.3 is 20.0 Å². The first-order chi connectivity index (χ1) is 16.6. The number of aromatic amines is 1. The van der Waals surface area contributed by atoms with Gasteiger partial charge in [0.05, 0.1) is 23.0 Å². The van der Waals surface area contributed by atoms with Crippen LogP contribution in [-0.4, -0.2) is 53.3 Å². The highest BCUT2D eigenvalue weighted by Gasteiger charge is 2.32. The average molecular weight is 454 g/mol. The van der Waals surface area contributed by atoms with Crippen LogP contribution in [0.25, 0.3) is 11.3 Å². The van der Waals surface area contributed by atoms with Gasteiger partial charge in [-0.2, -0.15) is 5.26 Å². The molecule has 2 fully saturated rings. The molecule has 34 heavy (non-hydrogen) atoms. The molecule has 2 N–H and O–H groups in total. The SMILES string of the molecule is Cc1ccc(C(=O)N2CC(c3ccc(C#N)cc3)C2)cc1-c1nc(C2CCOCC2)[nH]c1C=N. The second-order valence-electron chi connectivity index (χ2n) is 9.09. The third-order valence-electron chi connectivity index (χ3n) is 6.92. The van der Waals surface area contributed by atoms with Gasteiger partial charge in [0.25, 0.3) is 5.91 Å². The van der Waals surface area contributed by atoms with Crippen molar-refractivity contribution in [2.45, 2.75) is 31.6 Å². The van der Waals surface area contributed by atoms with Gasteiger partial charge in [0.2, 0.25) is 0 Å². The second-order valence-corrected chi connectivity index (χ2v) is 9.09. The number of likely N-dealkylation sites (tertiary alicyclic amines) is 1. The molecule has 2 aromatic carbocycles. The van der Waals surface area contributed by atoms with E-state index in [1.165, 1.54) is 6.21 Å². The van der Waals surface area contributed by atoms with E-state index in [9.17, 15) is 4.79 Å². The molecule has 0 aliphatic carbocycles. The molecule has 2 saturated heterocycles. The monoisotopic (exact) mass is 453 g/mol. The molecular weight excluding hydrogens is 426 g/mol. The topological polar surface area (TPSA) is 106 Å². The van der Waals surface area contributed by atoms with Gasteiger partial charge in [0, 0.05) is 55.5 Å². The molecule has 7 heteroatoms. The van der Waals surface area contributed by atoms with E-state index in [1.807, 2.05) is 54.3 Å². The van der Waals surface area contributed by atoms with Crippen molar-refractivity contribution < 1.29 is 9.53 Å². The highest BCUT2D eigenvalue weighted by Crippen LogP contribution is 2.33. The third-order valence-corrected chi connectivity index (χ3v) is 6.92. The molecule has 172 valence electrons. The number of aryl methyl sites for hydroxylation is 1. The molecule has 1 aromatic heterocycles. The molecule has 7 nitrogen and oxygen atoms in total. The molecule has 2 aliphatic rings. The predicted octanol–water partition coefficient (Wildman–Crippen LogP) is 4.39. The van der Waals surface area contributed by atoms with Crippen LogP contribution in [0.1, 0.15) is 63.2 Å². The van der Waals surface area contributed by atoms with Crippen molar-refractivity contribution in [2.75, 3.05) is 26.3 Å². The molecule has 0 saturated carbocycles. The van der Waals surface area contributed by atoms with Gasteiger partial charge in [0.15, 0.2) is 0 Å². The van der Waals surface area contributed by atoms with Crippen LogP contribution >= 0.6 is 0 Å². The summed E-state index contributed by atoms with van der Waals surface area (Å²) in [6, 6.07) is 15.5. The minimum atomic E-state index is 0.00253. The highest BCUT2D eigenvalue weighted by molar-refractivity contribution is 5.97. The maximum atomic E-state index is 13.2. The molecular formula is C27H27N5O2. The summed E-state index contributed by atoms with van der Waals surface area (Å²) in [5.41, 5.74) is 5.71. The Bertz CT molecular complexity index is 1260. The van der Waals surface area contributed by atoms with Crippen LogP contribution in [0.2, 0.25) is 0 Å². The molecule has 0 atom stereocenters. The summed E-state index contributed by atoms with van der Waals surface area (Å²) in [5.74, 6) is 1.48.